The fourth-order valence-electron chi connectivity index (χ4n) is 3.05. The summed E-state index contributed by atoms with van der Waals surface area (Å²) in [5.41, 5.74) is 5.25. The first kappa shape index (κ1) is 25.8. The maximum Gasteiger partial charge on any atom is 0.271 e. The van der Waals surface area contributed by atoms with Gasteiger partial charge in [-0.05, 0) is 88.9 Å². The standard InChI is InChI=1S/C27H26BrN3O4/c1-3-13-34-23-11-9-22(10-12-23)27(32)31-30-17-21-14-24(28)26(25(15-21)33-4-2)35-18-20-7-5-19(16-29)6-8-20/h5-12,14-15,17H,3-4,13,18H2,1-2H3,(H,31,32)/b30-17-. The number of rotatable bonds is 11. The normalized spacial score (nSPS) is 10.6. The number of nitrogens with one attached hydrogen (secondary N) is 1. The molecule has 0 aliphatic rings. The first-order valence-electron chi connectivity index (χ1n) is 11.2. The number of ether oxygens (including phenoxy) is 3. The third kappa shape index (κ3) is 7.59. The molecule has 0 aromatic heterocycles. The van der Waals surface area contributed by atoms with Gasteiger partial charge < -0.3 is 14.2 Å². The van der Waals surface area contributed by atoms with E-state index in [1.54, 1.807) is 42.5 Å². The van der Waals surface area contributed by atoms with Crippen LogP contribution in [0.4, 0.5) is 0 Å². The van der Waals surface area contributed by atoms with Crippen molar-refractivity contribution >= 4 is 28.1 Å². The van der Waals surface area contributed by atoms with Gasteiger partial charge in [-0.2, -0.15) is 10.4 Å². The fourth-order valence-corrected chi connectivity index (χ4v) is 3.62. The van der Waals surface area contributed by atoms with E-state index in [1.807, 2.05) is 32.0 Å². The average molecular weight is 536 g/mol. The highest BCUT2D eigenvalue weighted by Gasteiger charge is 2.13. The van der Waals surface area contributed by atoms with E-state index in [4.69, 9.17) is 19.5 Å². The van der Waals surface area contributed by atoms with Crippen LogP contribution in [-0.2, 0) is 6.61 Å². The molecule has 0 aliphatic heterocycles. The fraction of sp³-hybridized carbons (Fsp3) is 0.222. The van der Waals surface area contributed by atoms with Crippen LogP contribution in [0.1, 0.15) is 47.3 Å². The molecule has 0 fully saturated rings. The molecule has 0 unspecified atom stereocenters. The van der Waals surface area contributed by atoms with Crippen LogP contribution in [0.5, 0.6) is 17.2 Å². The molecule has 0 saturated carbocycles. The topological polar surface area (TPSA) is 92.9 Å². The highest BCUT2D eigenvalue weighted by Crippen LogP contribution is 2.37. The van der Waals surface area contributed by atoms with E-state index in [0.717, 1.165) is 23.3 Å². The zero-order chi connectivity index (χ0) is 25.0. The summed E-state index contributed by atoms with van der Waals surface area (Å²) in [4.78, 5) is 12.4. The number of halogens is 1. The lowest BCUT2D eigenvalue weighted by molar-refractivity contribution is 0.0955. The van der Waals surface area contributed by atoms with E-state index in [2.05, 4.69) is 32.5 Å². The van der Waals surface area contributed by atoms with Crippen molar-refractivity contribution in [1.82, 2.24) is 5.43 Å². The summed E-state index contributed by atoms with van der Waals surface area (Å²) in [7, 11) is 0. The number of hydrogen-bond donors (Lipinski definition) is 1. The summed E-state index contributed by atoms with van der Waals surface area (Å²) >= 11 is 3.54. The third-order valence-corrected chi connectivity index (χ3v) is 5.36. The SMILES string of the molecule is CCCOc1ccc(C(=O)N/N=C\c2cc(Br)c(OCc3ccc(C#N)cc3)c(OCC)c2)cc1. The molecule has 1 N–H and O–H groups in total. The van der Waals surface area contributed by atoms with Crippen molar-refractivity contribution in [3.05, 3.63) is 87.4 Å². The van der Waals surface area contributed by atoms with Crippen LogP contribution in [0.3, 0.4) is 0 Å². The quantitative estimate of drug-likeness (QED) is 0.245. The van der Waals surface area contributed by atoms with Crippen molar-refractivity contribution in [2.24, 2.45) is 5.10 Å². The lowest BCUT2D eigenvalue weighted by atomic mass is 10.1. The molecular formula is C27H26BrN3O4. The molecule has 1 amide bonds. The van der Waals surface area contributed by atoms with Gasteiger partial charge in [-0.3, -0.25) is 4.79 Å². The van der Waals surface area contributed by atoms with Crippen molar-refractivity contribution in [3.63, 3.8) is 0 Å². The van der Waals surface area contributed by atoms with E-state index in [1.165, 1.54) is 6.21 Å². The van der Waals surface area contributed by atoms with Crippen molar-refractivity contribution in [3.8, 4) is 23.3 Å². The molecule has 0 atom stereocenters. The van der Waals surface area contributed by atoms with E-state index in [0.29, 0.717) is 46.9 Å². The Hall–Kier alpha value is -3.83. The summed E-state index contributed by atoms with van der Waals surface area (Å²) in [6, 6.07) is 19.8. The number of nitriles is 1. The molecular weight excluding hydrogens is 510 g/mol. The Balaban J connectivity index is 1.65. The molecule has 3 aromatic carbocycles. The van der Waals surface area contributed by atoms with Gasteiger partial charge in [0.25, 0.3) is 5.91 Å². The second kappa shape index (κ2) is 13.2. The van der Waals surface area contributed by atoms with Gasteiger partial charge in [-0.1, -0.05) is 19.1 Å². The molecule has 0 bridgehead atoms. The summed E-state index contributed by atoms with van der Waals surface area (Å²) in [5.74, 6) is 1.50. The van der Waals surface area contributed by atoms with E-state index in [9.17, 15) is 4.79 Å². The van der Waals surface area contributed by atoms with Crippen LogP contribution in [0.25, 0.3) is 0 Å². The van der Waals surface area contributed by atoms with E-state index < -0.39 is 0 Å². The van der Waals surface area contributed by atoms with Gasteiger partial charge in [-0.25, -0.2) is 5.43 Å². The van der Waals surface area contributed by atoms with Crippen molar-refractivity contribution < 1.29 is 19.0 Å². The molecule has 0 heterocycles. The predicted octanol–water partition coefficient (Wildman–Crippen LogP) is 5.85. The molecule has 0 saturated heterocycles. The second-order valence-electron chi connectivity index (χ2n) is 7.43. The third-order valence-electron chi connectivity index (χ3n) is 4.77. The van der Waals surface area contributed by atoms with Crippen molar-refractivity contribution in [2.45, 2.75) is 26.9 Å². The number of benzene rings is 3. The minimum absolute atomic E-state index is 0.316. The second-order valence-corrected chi connectivity index (χ2v) is 8.29. The molecule has 0 spiro atoms. The van der Waals surface area contributed by atoms with Crippen LogP contribution in [0, 0.1) is 11.3 Å². The molecule has 180 valence electrons. The Morgan fingerprint density at radius 2 is 1.80 bits per heavy atom. The first-order chi connectivity index (χ1) is 17.0. The minimum Gasteiger partial charge on any atom is -0.494 e. The van der Waals surface area contributed by atoms with Crippen molar-refractivity contribution in [2.75, 3.05) is 13.2 Å². The van der Waals surface area contributed by atoms with Crippen molar-refractivity contribution in [1.29, 1.82) is 5.26 Å². The van der Waals surface area contributed by atoms with Gasteiger partial charge in [0, 0.05) is 5.56 Å². The number of nitrogens with zero attached hydrogens (tertiary/aromatic N) is 2. The monoisotopic (exact) mass is 535 g/mol. The first-order valence-corrected chi connectivity index (χ1v) is 12.0. The number of hydrogen-bond acceptors (Lipinski definition) is 6. The molecule has 35 heavy (non-hydrogen) atoms. The Kier molecular flexibility index (Phi) is 9.69. The van der Waals surface area contributed by atoms with Crippen LogP contribution in [0.2, 0.25) is 0 Å². The number of carbonyl (C=O) groups is 1. The zero-order valence-electron chi connectivity index (χ0n) is 19.6. The number of carbonyl (C=O) groups excluding carboxylic acids is 1. The Morgan fingerprint density at radius 1 is 1.06 bits per heavy atom. The van der Waals surface area contributed by atoms with Gasteiger partial charge in [0.15, 0.2) is 11.5 Å². The van der Waals surface area contributed by atoms with Crippen LogP contribution < -0.4 is 19.6 Å². The number of hydrazone groups is 1. The van der Waals surface area contributed by atoms with Gasteiger partial charge in [-0.15, -0.1) is 0 Å². The highest BCUT2D eigenvalue weighted by atomic mass is 79.9. The molecule has 3 aromatic rings. The van der Waals surface area contributed by atoms with Gasteiger partial charge in [0.2, 0.25) is 0 Å². The largest absolute Gasteiger partial charge is 0.494 e. The zero-order valence-corrected chi connectivity index (χ0v) is 21.2. The van der Waals surface area contributed by atoms with Crippen LogP contribution >= 0.6 is 15.9 Å². The lowest BCUT2D eigenvalue weighted by Crippen LogP contribution is -2.17. The molecule has 0 radical (unpaired) electrons. The maximum absolute atomic E-state index is 12.4. The minimum atomic E-state index is -0.324. The molecule has 3 rings (SSSR count). The van der Waals surface area contributed by atoms with E-state index in [-0.39, 0.29) is 5.91 Å². The summed E-state index contributed by atoms with van der Waals surface area (Å²) in [6.45, 7) is 5.32. The van der Waals surface area contributed by atoms with Crippen LogP contribution in [0.15, 0.2) is 70.2 Å². The molecule has 7 nitrogen and oxygen atoms in total. The van der Waals surface area contributed by atoms with Crippen LogP contribution in [-0.4, -0.2) is 25.3 Å². The Bertz CT molecular complexity index is 1200. The lowest BCUT2D eigenvalue weighted by Gasteiger charge is -2.14. The molecule has 0 aliphatic carbocycles. The summed E-state index contributed by atoms with van der Waals surface area (Å²) < 4.78 is 18.0. The Morgan fingerprint density at radius 3 is 2.46 bits per heavy atom. The highest BCUT2D eigenvalue weighted by molar-refractivity contribution is 9.10. The summed E-state index contributed by atoms with van der Waals surface area (Å²) in [6.07, 6.45) is 2.45. The van der Waals surface area contributed by atoms with Gasteiger partial charge in [0.1, 0.15) is 12.4 Å². The average Bonchev–Trinajstić information content (AvgIpc) is 2.87. The smallest absolute Gasteiger partial charge is 0.271 e. The maximum atomic E-state index is 12.4. The summed E-state index contributed by atoms with van der Waals surface area (Å²) in [5, 5.41) is 13.0. The van der Waals surface area contributed by atoms with Gasteiger partial charge in [0.05, 0.1) is 35.5 Å². The number of amides is 1. The van der Waals surface area contributed by atoms with Gasteiger partial charge >= 0.3 is 0 Å². The molecule has 8 heteroatoms. The van der Waals surface area contributed by atoms with E-state index >= 15 is 0 Å². The predicted molar refractivity (Wildman–Crippen MR) is 138 cm³/mol. The Labute approximate surface area is 213 Å².